The molecule has 1 saturated heterocycles. The number of rotatable bonds is 7. The fourth-order valence-corrected chi connectivity index (χ4v) is 9.88. The van der Waals surface area contributed by atoms with Gasteiger partial charge in [0.15, 0.2) is 0 Å². The summed E-state index contributed by atoms with van der Waals surface area (Å²) in [6.07, 6.45) is 6.40. The van der Waals surface area contributed by atoms with E-state index >= 15 is 4.79 Å². The lowest BCUT2D eigenvalue weighted by atomic mass is 9.62. The second kappa shape index (κ2) is 9.79. The maximum absolute atomic E-state index is 15.1. The van der Waals surface area contributed by atoms with Crippen molar-refractivity contribution in [2.24, 2.45) is 29.6 Å². The number of likely N-dealkylation sites (tertiary alicyclic amines) is 1. The van der Waals surface area contributed by atoms with Gasteiger partial charge in [-0.25, -0.2) is 0 Å². The molecule has 214 valence electrons. The molecule has 5 nitrogen and oxygen atoms in total. The Labute approximate surface area is 248 Å². The molecular formula is C37H39N3O2. The molecule has 3 aromatic rings. The molecule has 5 heteroatoms. The maximum atomic E-state index is 15.1. The summed E-state index contributed by atoms with van der Waals surface area (Å²) in [5, 5.41) is 26.1. The standard InChI is InChI=1S/C37H39N3O2/c38-23-30-18-25-19-33(25)40(30)35(41)34(32-22-36(42)20-24-16-26(21-36)31(32)17-24)39-37(27-10-4-1-5-11-27,28-12-6-2-7-13-28)29-14-8-3-9-15-29/h1-15,24-26,30-34,39,42H,16-22H2. The van der Waals surface area contributed by atoms with Gasteiger partial charge in [-0.3, -0.25) is 10.1 Å². The van der Waals surface area contributed by atoms with E-state index in [0.717, 1.165) is 48.8 Å². The zero-order valence-electron chi connectivity index (χ0n) is 24.0. The molecule has 3 bridgehead atoms. The van der Waals surface area contributed by atoms with Crippen LogP contribution in [0.25, 0.3) is 0 Å². The molecule has 8 rings (SSSR count). The number of carbonyl (C=O) groups is 1. The van der Waals surface area contributed by atoms with Gasteiger partial charge in [-0.1, -0.05) is 91.0 Å². The fourth-order valence-electron chi connectivity index (χ4n) is 9.88. The first kappa shape index (κ1) is 26.2. The van der Waals surface area contributed by atoms with E-state index in [1.54, 1.807) is 0 Å². The highest BCUT2D eigenvalue weighted by atomic mass is 16.3. The van der Waals surface area contributed by atoms with Gasteiger partial charge in [0, 0.05) is 6.04 Å². The van der Waals surface area contributed by atoms with E-state index in [4.69, 9.17) is 0 Å². The molecule has 3 aromatic carbocycles. The molecule has 5 fully saturated rings. The van der Waals surface area contributed by atoms with Crippen LogP contribution in [0, 0.1) is 40.9 Å². The quantitative estimate of drug-likeness (QED) is 0.369. The number of aliphatic hydroxyl groups is 1. The number of piperidine rings is 1. The van der Waals surface area contributed by atoms with Crippen molar-refractivity contribution in [2.75, 3.05) is 0 Å². The second-order valence-corrected chi connectivity index (χ2v) is 13.9. The van der Waals surface area contributed by atoms with Crippen molar-refractivity contribution in [3.8, 4) is 6.07 Å². The van der Waals surface area contributed by atoms with E-state index < -0.39 is 17.2 Å². The van der Waals surface area contributed by atoms with Crippen LogP contribution < -0.4 is 5.32 Å². The van der Waals surface area contributed by atoms with Crippen molar-refractivity contribution in [1.29, 1.82) is 5.26 Å². The summed E-state index contributed by atoms with van der Waals surface area (Å²) in [6, 6.07) is 33.2. The lowest BCUT2D eigenvalue weighted by molar-refractivity contribution is -0.141. The van der Waals surface area contributed by atoms with Crippen LogP contribution in [-0.2, 0) is 10.3 Å². The van der Waals surface area contributed by atoms with Crippen LogP contribution in [0.1, 0.15) is 61.6 Å². The Morgan fingerprint density at radius 2 is 1.43 bits per heavy atom. The lowest BCUT2D eigenvalue weighted by Gasteiger charge is -2.50. The Kier molecular flexibility index (Phi) is 6.11. The predicted molar refractivity (Wildman–Crippen MR) is 161 cm³/mol. The van der Waals surface area contributed by atoms with E-state index in [9.17, 15) is 10.4 Å². The average Bonchev–Trinajstić information content (AvgIpc) is 3.60. The molecule has 0 aromatic heterocycles. The first-order chi connectivity index (χ1) is 20.5. The van der Waals surface area contributed by atoms with Crippen molar-refractivity contribution >= 4 is 5.91 Å². The van der Waals surface area contributed by atoms with Crippen LogP contribution in [0.15, 0.2) is 91.0 Å². The number of nitriles is 1. The number of amides is 1. The molecule has 4 saturated carbocycles. The van der Waals surface area contributed by atoms with E-state index in [1.807, 2.05) is 23.1 Å². The van der Waals surface area contributed by atoms with Gasteiger partial charge in [0.2, 0.25) is 5.91 Å². The monoisotopic (exact) mass is 557 g/mol. The highest BCUT2D eigenvalue weighted by molar-refractivity contribution is 5.84. The minimum atomic E-state index is -0.800. The highest BCUT2D eigenvalue weighted by Gasteiger charge is 2.61. The number of hydrogen-bond acceptors (Lipinski definition) is 4. The molecule has 1 amide bonds. The zero-order chi connectivity index (χ0) is 28.5. The fraction of sp³-hybridized carbons (Fsp3) is 0.459. The summed E-state index contributed by atoms with van der Waals surface area (Å²) in [7, 11) is 0. The zero-order valence-corrected chi connectivity index (χ0v) is 24.0. The largest absolute Gasteiger partial charge is 0.390 e. The molecular weight excluding hydrogens is 518 g/mol. The number of hydrogen-bond donors (Lipinski definition) is 2. The number of carbonyl (C=O) groups excluding carboxylic acids is 1. The summed E-state index contributed by atoms with van der Waals surface area (Å²) in [6.45, 7) is 0. The van der Waals surface area contributed by atoms with Crippen LogP contribution in [0.5, 0.6) is 0 Å². The normalized spacial score (nSPS) is 35.0. The third-order valence-corrected chi connectivity index (χ3v) is 11.5. The van der Waals surface area contributed by atoms with Crippen LogP contribution >= 0.6 is 0 Å². The lowest BCUT2D eigenvalue weighted by Crippen LogP contribution is -2.62. The van der Waals surface area contributed by atoms with Gasteiger partial charge < -0.3 is 10.0 Å². The van der Waals surface area contributed by atoms with E-state index in [2.05, 4.69) is 84.2 Å². The summed E-state index contributed by atoms with van der Waals surface area (Å²) in [5.74, 6) is 1.91. The number of benzene rings is 3. The maximum Gasteiger partial charge on any atom is 0.241 e. The molecule has 42 heavy (non-hydrogen) atoms. The second-order valence-electron chi connectivity index (χ2n) is 13.9. The number of nitrogens with one attached hydrogen (secondary N) is 1. The van der Waals surface area contributed by atoms with Gasteiger partial charge in [-0.15, -0.1) is 0 Å². The molecule has 0 radical (unpaired) electrons. The van der Waals surface area contributed by atoms with Crippen molar-refractivity contribution in [3.63, 3.8) is 0 Å². The van der Waals surface area contributed by atoms with Crippen molar-refractivity contribution < 1.29 is 9.90 Å². The Bertz CT molecular complexity index is 1400. The summed E-state index contributed by atoms with van der Waals surface area (Å²) >= 11 is 0. The molecule has 1 heterocycles. The summed E-state index contributed by atoms with van der Waals surface area (Å²) in [4.78, 5) is 17.0. The SMILES string of the molecule is N#CC1CC2CC2N1C(=O)C(NC(c1ccccc1)(c1ccccc1)c1ccccc1)C1CC2(O)CC3CC(C2)C1C3. The van der Waals surface area contributed by atoms with Gasteiger partial charge in [0.25, 0.3) is 0 Å². The summed E-state index contributed by atoms with van der Waals surface area (Å²) in [5.41, 5.74) is 1.72. The number of nitrogens with zero attached hydrogens (tertiary/aromatic N) is 2. The average molecular weight is 558 g/mol. The van der Waals surface area contributed by atoms with Crippen molar-refractivity contribution in [3.05, 3.63) is 108 Å². The molecule has 2 N–H and O–H groups in total. The molecule has 9 atom stereocenters. The Morgan fingerprint density at radius 1 is 0.833 bits per heavy atom. The van der Waals surface area contributed by atoms with Gasteiger partial charge in [-0.2, -0.15) is 5.26 Å². The van der Waals surface area contributed by atoms with Crippen LogP contribution in [0.4, 0.5) is 0 Å². The van der Waals surface area contributed by atoms with Crippen LogP contribution in [0.2, 0.25) is 0 Å². The van der Waals surface area contributed by atoms with Crippen molar-refractivity contribution in [2.45, 2.75) is 74.2 Å². The Balaban J connectivity index is 1.31. The first-order valence-electron chi connectivity index (χ1n) is 15.9. The minimum absolute atomic E-state index is 0.00130. The van der Waals surface area contributed by atoms with E-state index in [1.165, 1.54) is 6.42 Å². The smallest absolute Gasteiger partial charge is 0.241 e. The molecule has 9 unspecified atom stereocenters. The third kappa shape index (κ3) is 4.07. The predicted octanol–water partition coefficient (Wildman–Crippen LogP) is 5.64. The van der Waals surface area contributed by atoms with Gasteiger partial charge >= 0.3 is 0 Å². The van der Waals surface area contributed by atoms with Gasteiger partial charge in [0.1, 0.15) is 6.04 Å². The van der Waals surface area contributed by atoms with Gasteiger partial charge in [-0.05, 0) is 91.2 Å². The molecule has 4 aliphatic carbocycles. The topological polar surface area (TPSA) is 76.4 Å². The van der Waals surface area contributed by atoms with Gasteiger partial charge in [0.05, 0.1) is 23.3 Å². The Hall–Kier alpha value is -3.46. The summed E-state index contributed by atoms with van der Waals surface area (Å²) < 4.78 is 0. The molecule has 0 spiro atoms. The van der Waals surface area contributed by atoms with Crippen molar-refractivity contribution in [1.82, 2.24) is 10.2 Å². The highest BCUT2D eigenvalue weighted by Crippen LogP contribution is 2.60. The minimum Gasteiger partial charge on any atom is -0.390 e. The van der Waals surface area contributed by atoms with E-state index in [-0.39, 0.29) is 23.9 Å². The first-order valence-corrected chi connectivity index (χ1v) is 15.9. The molecule has 1 aliphatic heterocycles. The third-order valence-electron chi connectivity index (χ3n) is 11.5. The number of fused-ring (bicyclic) bond motifs is 3. The van der Waals surface area contributed by atoms with Crippen LogP contribution in [0.3, 0.4) is 0 Å². The van der Waals surface area contributed by atoms with E-state index in [0.29, 0.717) is 30.1 Å². The van der Waals surface area contributed by atoms with Crippen LogP contribution in [-0.4, -0.2) is 39.6 Å². The molecule has 5 aliphatic rings. The Morgan fingerprint density at radius 3 is 2.00 bits per heavy atom.